The van der Waals surface area contributed by atoms with Gasteiger partial charge in [0.2, 0.25) is 0 Å². The van der Waals surface area contributed by atoms with Gasteiger partial charge in [-0.1, -0.05) is 29.8 Å². The van der Waals surface area contributed by atoms with Crippen molar-refractivity contribution in [1.29, 1.82) is 0 Å². The molecule has 0 fully saturated rings. The number of aromatic nitrogens is 2. The van der Waals surface area contributed by atoms with E-state index in [2.05, 4.69) is 36.2 Å². The molecule has 0 saturated carbocycles. The van der Waals surface area contributed by atoms with Gasteiger partial charge in [-0.05, 0) is 18.9 Å². The van der Waals surface area contributed by atoms with Crippen molar-refractivity contribution in [1.82, 2.24) is 9.55 Å². The molecule has 0 aliphatic heterocycles. The quantitative estimate of drug-likeness (QED) is 0.839. The van der Waals surface area contributed by atoms with Gasteiger partial charge >= 0.3 is 0 Å². The standard InChI is InChI=1S/C16H23N3O/c1-13-3-5-14(6-4-13)16(11-17,12-20)8-7-15-18-9-10-19(15)2/h3-6,9-10,20H,7-8,11-12,17H2,1-2H3. The Balaban J connectivity index is 2.21. The van der Waals surface area contributed by atoms with Crippen molar-refractivity contribution in [2.75, 3.05) is 13.2 Å². The number of aryl methyl sites for hydroxylation is 3. The summed E-state index contributed by atoms with van der Waals surface area (Å²) in [6.45, 7) is 2.54. The molecule has 1 aromatic heterocycles. The summed E-state index contributed by atoms with van der Waals surface area (Å²) in [5, 5.41) is 9.89. The second-order valence-electron chi connectivity index (χ2n) is 5.46. The molecule has 4 nitrogen and oxygen atoms in total. The predicted molar refractivity (Wildman–Crippen MR) is 80.5 cm³/mol. The third-order valence-electron chi connectivity index (χ3n) is 4.11. The van der Waals surface area contributed by atoms with Crippen LogP contribution in [0.3, 0.4) is 0 Å². The molecule has 0 amide bonds. The van der Waals surface area contributed by atoms with Crippen molar-refractivity contribution >= 4 is 0 Å². The highest BCUT2D eigenvalue weighted by atomic mass is 16.3. The molecule has 0 saturated heterocycles. The lowest BCUT2D eigenvalue weighted by Gasteiger charge is -2.31. The molecule has 0 spiro atoms. The van der Waals surface area contributed by atoms with E-state index in [4.69, 9.17) is 5.73 Å². The Morgan fingerprint density at radius 3 is 2.50 bits per heavy atom. The first kappa shape index (κ1) is 14.8. The monoisotopic (exact) mass is 273 g/mol. The molecule has 1 heterocycles. The van der Waals surface area contributed by atoms with Crippen molar-refractivity contribution in [3.63, 3.8) is 0 Å². The van der Waals surface area contributed by atoms with Crippen LogP contribution in [0.2, 0.25) is 0 Å². The number of nitrogens with two attached hydrogens (primary N) is 1. The SMILES string of the molecule is Cc1ccc(C(CN)(CO)CCc2nccn2C)cc1. The maximum Gasteiger partial charge on any atom is 0.108 e. The van der Waals surface area contributed by atoms with E-state index in [1.165, 1.54) is 5.56 Å². The number of hydrogen-bond donors (Lipinski definition) is 2. The van der Waals surface area contributed by atoms with Gasteiger partial charge in [0.1, 0.15) is 5.82 Å². The van der Waals surface area contributed by atoms with Gasteiger partial charge in [-0.2, -0.15) is 0 Å². The highest BCUT2D eigenvalue weighted by molar-refractivity contribution is 5.29. The van der Waals surface area contributed by atoms with Crippen LogP contribution in [0.5, 0.6) is 0 Å². The van der Waals surface area contributed by atoms with Gasteiger partial charge in [-0.25, -0.2) is 4.98 Å². The van der Waals surface area contributed by atoms with Gasteiger partial charge < -0.3 is 15.4 Å². The molecule has 2 rings (SSSR count). The summed E-state index contributed by atoms with van der Waals surface area (Å²) in [6, 6.07) is 8.26. The van der Waals surface area contributed by atoms with Gasteiger partial charge in [-0.3, -0.25) is 0 Å². The fourth-order valence-corrected chi connectivity index (χ4v) is 2.49. The van der Waals surface area contributed by atoms with Crippen LogP contribution in [-0.4, -0.2) is 27.8 Å². The molecular weight excluding hydrogens is 250 g/mol. The maximum atomic E-state index is 9.89. The zero-order chi connectivity index (χ0) is 14.6. The van der Waals surface area contributed by atoms with Crippen LogP contribution in [0.1, 0.15) is 23.4 Å². The molecule has 1 aromatic carbocycles. The van der Waals surface area contributed by atoms with Crippen molar-refractivity contribution < 1.29 is 5.11 Å². The highest BCUT2D eigenvalue weighted by Crippen LogP contribution is 2.28. The zero-order valence-corrected chi connectivity index (χ0v) is 12.2. The van der Waals surface area contributed by atoms with E-state index >= 15 is 0 Å². The normalized spacial score (nSPS) is 14.2. The van der Waals surface area contributed by atoms with Crippen molar-refractivity contribution in [3.05, 3.63) is 53.6 Å². The number of rotatable bonds is 6. The minimum atomic E-state index is -0.389. The lowest BCUT2D eigenvalue weighted by atomic mass is 9.77. The van der Waals surface area contributed by atoms with Gasteiger partial charge in [-0.15, -0.1) is 0 Å². The van der Waals surface area contributed by atoms with Gasteiger partial charge in [0.25, 0.3) is 0 Å². The van der Waals surface area contributed by atoms with E-state index in [9.17, 15) is 5.11 Å². The molecule has 4 heteroatoms. The van der Waals surface area contributed by atoms with E-state index in [-0.39, 0.29) is 12.0 Å². The maximum absolute atomic E-state index is 9.89. The number of hydrogen-bond acceptors (Lipinski definition) is 3. The minimum Gasteiger partial charge on any atom is -0.395 e. The molecule has 3 N–H and O–H groups in total. The first-order chi connectivity index (χ1) is 9.61. The Kier molecular flexibility index (Phi) is 4.57. The van der Waals surface area contributed by atoms with E-state index in [1.807, 2.05) is 17.8 Å². The summed E-state index contributed by atoms with van der Waals surface area (Å²) < 4.78 is 2.01. The Hall–Kier alpha value is -1.65. The summed E-state index contributed by atoms with van der Waals surface area (Å²) in [5.74, 6) is 1.02. The van der Waals surface area contributed by atoms with Crippen molar-refractivity contribution in [3.8, 4) is 0 Å². The lowest BCUT2D eigenvalue weighted by Crippen LogP contribution is -2.39. The molecule has 0 radical (unpaired) electrons. The summed E-state index contributed by atoms with van der Waals surface area (Å²) >= 11 is 0. The summed E-state index contributed by atoms with van der Waals surface area (Å²) in [5.41, 5.74) is 7.90. The summed E-state index contributed by atoms with van der Waals surface area (Å²) in [4.78, 5) is 4.34. The van der Waals surface area contributed by atoms with Crippen molar-refractivity contribution in [2.24, 2.45) is 12.8 Å². The van der Waals surface area contributed by atoms with Crippen LogP contribution in [0.4, 0.5) is 0 Å². The minimum absolute atomic E-state index is 0.0526. The Labute approximate surface area is 120 Å². The molecule has 1 atom stereocenters. The summed E-state index contributed by atoms with van der Waals surface area (Å²) in [6.07, 6.45) is 5.32. The summed E-state index contributed by atoms with van der Waals surface area (Å²) in [7, 11) is 1.98. The second kappa shape index (κ2) is 6.20. The molecule has 0 aliphatic carbocycles. The molecule has 1 unspecified atom stereocenters. The Bertz CT molecular complexity index is 541. The van der Waals surface area contributed by atoms with Crippen LogP contribution in [0.25, 0.3) is 0 Å². The first-order valence-corrected chi connectivity index (χ1v) is 6.95. The Morgan fingerprint density at radius 1 is 1.30 bits per heavy atom. The van der Waals surface area contributed by atoms with E-state index < -0.39 is 0 Å². The van der Waals surface area contributed by atoms with Crippen LogP contribution < -0.4 is 5.73 Å². The predicted octanol–water partition coefficient (Wildman–Crippen LogP) is 1.55. The number of aliphatic hydroxyl groups is 1. The first-order valence-electron chi connectivity index (χ1n) is 6.95. The van der Waals surface area contributed by atoms with E-state index in [1.54, 1.807) is 6.20 Å². The van der Waals surface area contributed by atoms with Gasteiger partial charge in [0.15, 0.2) is 0 Å². The fraction of sp³-hybridized carbons (Fsp3) is 0.438. The molecule has 20 heavy (non-hydrogen) atoms. The zero-order valence-electron chi connectivity index (χ0n) is 12.2. The van der Waals surface area contributed by atoms with Gasteiger partial charge in [0.05, 0.1) is 6.61 Å². The Morgan fingerprint density at radius 2 is 2.00 bits per heavy atom. The van der Waals surface area contributed by atoms with E-state index in [0.29, 0.717) is 6.54 Å². The number of nitrogens with zero attached hydrogens (tertiary/aromatic N) is 2. The van der Waals surface area contributed by atoms with Crippen molar-refractivity contribution in [2.45, 2.75) is 25.2 Å². The highest BCUT2D eigenvalue weighted by Gasteiger charge is 2.30. The van der Waals surface area contributed by atoms with Crippen LogP contribution in [-0.2, 0) is 18.9 Å². The molecule has 0 bridgehead atoms. The van der Waals surface area contributed by atoms with Crippen LogP contribution in [0, 0.1) is 6.92 Å². The molecule has 2 aromatic rings. The largest absolute Gasteiger partial charge is 0.395 e. The number of imidazole rings is 1. The van der Waals surface area contributed by atoms with Crippen LogP contribution >= 0.6 is 0 Å². The third-order valence-corrected chi connectivity index (χ3v) is 4.11. The average molecular weight is 273 g/mol. The topological polar surface area (TPSA) is 64.1 Å². The molecule has 108 valence electrons. The smallest absolute Gasteiger partial charge is 0.108 e. The number of benzene rings is 1. The van der Waals surface area contributed by atoms with Crippen LogP contribution in [0.15, 0.2) is 36.7 Å². The molecule has 0 aliphatic rings. The number of aliphatic hydroxyl groups excluding tert-OH is 1. The average Bonchev–Trinajstić information content (AvgIpc) is 2.88. The van der Waals surface area contributed by atoms with E-state index in [0.717, 1.165) is 24.2 Å². The second-order valence-corrected chi connectivity index (χ2v) is 5.46. The third kappa shape index (κ3) is 2.92. The fourth-order valence-electron chi connectivity index (χ4n) is 2.49. The molecular formula is C16H23N3O. The lowest BCUT2D eigenvalue weighted by molar-refractivity contribution is 0.187. The van der Waals surface area contributed by atoms with Gasteiger partial charge in [0, 0.05) is 37.8 Å².